The summed E-state index contributed by atoms with van der Waals surface area (Å²) in [5.74, 6) is -2.03. The normalized spacial score (nSPS) is 11.5. The van der Waals surface area contributed by atoms with Crippen LogP contribution < -0.4 is 4.74 Å². The first-order valence-electron chi connectivity index (χ1n) is 4.56. The average Bonchev–Trinajstić information content (AvgIpc) is 2.25. The molecule has 0 aliphatic rings. The lowest BCUT2D eigenvalue weighted by atomic mass is 10.0. The Morgan fingerprint density at radius 1 is 1.62 bits per heavy atom. The van der Waals surface area contributed by atoms with Gasteiger partial charge >= 0.3 is 5.97 Å². The lowest BCUT2D eigenvalue weighted by molar-refractivity contribution is -0.139. The second-order valence-electron chi connectivity index (χ2n) is 3.23. The number of ether oxygens (including phenoxy) is 1. The molecule has 0 amide bonds. The van der Waals surface area contributed by atoms with Crippen molar-refractivity contribution in [3.05, 3.63) is 23.8 Å². The van der Waals surface area contributed by atoms with Crippen LogP contribution in [0.1, 0.15) is 5.56 Å². The van der Waals surface area contributed by atoms with Crippen LogP contribution in [0, 0.1) is 17.2 Å². The van der Waals surface area contributed by atoms with Gasteiger partial charge in [0.1, 0.15) is 5.92 Å². The number of aliphatic carboxylic acids is 1. The van der Waals surface area contributed by atoms with E-state index in [2.05, 4.69) is 0 Å². The van der Waals surface area contributed by atoms with E-state index in [-0.39, 0.29) is 12.2 Å². The van der Waals surface area contributed by atoms with Crippen LogP contribution in [0.2, 0.25) is 0 Å². The summed E-state index contributed by atoms with van der Waals surface area (Å²) in [4.78, 5) is 10.6. The fraction of sp³-hybridized carbons (Fsp3) is 0.273. The van der Waals surface area contributed by atoms with Crippen molar-refractivity contribution in [2.75, 3.05) is 7.11 Å². The van der Waals surface area contributed by atoms with E-state index in [1.54, 1.807) is 12.1 Å². The highest BCUT2D eigenvalue weighted by Crippen LogP contribution is 2.27. The molecule has 5 heteroatoms. The predicted octanol–water partition coefficient (Wildman–Crippen LogP) is 1.17. The van der Waals surface area contributed by atoms with Gasteiger partial charge in [-0.3, -0.25) is 4.79 Å². The van der Waals surface area contributed by atoms with E-state index in [9.17, 15) is 9.90 Å². The molecule has 0 aliphatic heterocycles. The molecule has 0 aliphatic carbocycles. The number of benzene rings is 1. The minimum Gasteiger partial charge on any atom is -0.504 e. The van der Waals surface area contributed by atoms with Crippen LogP contribution >= 0.6 is 0 Å². The Hall–Kier alpha value is -2.22. The largest absolute Gasteiger partial charge is 0.504 e. The minimum absolute atomic E-state index is 0.0589. The zero-order valence-electron chi connectivity index (χ0n) is 8.67. The quantitative estimate of drug-likeness (QED) is 0.796. The molecule has 1 rings (SSSR count). The molecule has 5 nitrogen and oxygen atoms in total. The van der Waals surface area contributed by atoms with Gasteiger partial charge in [-0.1, -0.05) is 6.07 Å². The number of carboxylic acid groups (broad SMARTS) is 1. The molecule has 0 bridgehead atoms. The van der Waals surface area contributed by atoms with Gasteiger partial charge in [-0.15, -0.1) is 0 Å². The minimum atomic E-state index is -1.17. The lowest BCUT2D eigenvalue weighted by Crippen LogP contribution is -2.14. The summed E-state index contributed by atoms with van der Waals surface area (Å²) in [6, 6.07) is 6.23. The molecule has 84 valence electrons. The van der Waals surface area contributed by atoms with Crippen LogP contribution in [-0.2, 0) is 11.2 Å². The Morgan fingerprint density at radius 2 is 2.31 bits per heavy atom. The number of nitriles is 1. The number of nitrogens with zero attached hydrogens (tertiary/aromatic N) is 1. The summed E-state index contributed by atoms with van der Waals surface area (Å²) >= 11 is 0. The molecule has 0 fully saturated rings. The highest BCUT2D eigenvalue weighted by atomic mass is 16.5. The SMILES string of the molecule is COc1ccc(CC(C#N)C(=O)O)cc1O. The number of phenolic OH excluding ortho intramolecular Hbond substituents is 1. The number of methoxy groups -OCH3 is 1. The second kappa shape index (κ2) is 5.03. The maximum atomic E-state index is 10.6. The van der Waals surface area contributed by atoms with Crippen LogP contribution in [0.25, 0.3) is 0 Å². The average molecular weight is 221 g/mol. The Balaban J connectivity index is 2.87. The summed E-state index contributed by atoms with van der Waals surface area (Å²) in [5, 5.41) is 26.8. The zero-order chi connectivity index (χ0) is 12.1. The molecule has 0 spiro atoms. The van der Waals surface area contributed by atoms with E-state index in [1.165, 1.54) is 19.2 Å². The van der Waals surface area contributed by atoms with Gasteiger partial charge in [-0.2, -0.15) is 5.26 Å². The number of hydrogen-bond acceptors (Lipinski definition) is 4. The van der Waals surface area contributed by atoms with Crippen LogP contribution in [0.15, 0.2) is 18.2 Å². The van der Waals surface area contributed by atoms with E-state index in [1.807, 2.05) is 0 Å². The summed E-state index contributed by atoms with van der Waals surface area (Å²) in [7, 11) is 1.42. The van der Waals surface area contributed by atoms with Crippen LogP contribution in [0.3, 0.4) is 0 Å². The van der Waals surface area contributed by atoms with Gasteiger partial charge in [0.25, 0.3) is 0 Å². The van der Waals surface area contributed by atoms with Crippen LogP contribution in [-0.4, -0.2) is 23.3 Å². The standard InChI is InChI=1S/C11H11NO4/c1-16-10-3-2-7(5-9(10)13)4-8(6-12)11(14)15/h2-3,5,8,13H,4H2,1H3,(H,14,15). The van der Waals surface area contributed by atoms with Crippen LogP contribution in [0.5, 0.6) is 11.5 Å². The lowest BCUT2D eigenvalue weighted by Gasteiger charge is -2.07. The number of carboxylic acids is 1. The fourth-order valence-electron chi connectivity index (χ4n) is 1.29. The molecule has 0 radical (unpaired) electrons. The molecule has 0 saturated heterocycles. The van der Waals surface area contributed by atoms with Crippen LogP contribution in [0.4, 0.5) is 0 Å². The Morgan fingerprint density at radius 3 is 2.75 bits per heavy atom. The smallest absolute Gasteiger partial charge is 0.321 e. The van der Waals surface area contributed by atoms with Gasteiger partial charge in [-0.25, -0.2) is 0 Å². The highest BCUT2D eigenvalue weighted by molar-refractivity contribution is 5.73. The van der Waals surface area contributed by atoms with Gasteiger partial charge in [0.15, 0.2) is 11.5 Å². The maximum absolute atomic E-state index is 10.6. The molecule has 0 aromatic heterocycles. The van der Waals surface area contributed by atoms with Gasteiger partial charge in [0.05, 0.1) is 13.2 Å². The molecule has 2 N–H and O–H groups in total. The number of phenols is 1. The van der Waals surface area contributed by atoms with Gasteiger partial charge in [0.2, 0.25) is 0 Å². The molecule has 0 heterocycles. The number of hydrogen-bond donors (Lipinski definition) is 2. The summed E-state index contributed by atoms with van der Waals surface area (Å²) in [6.45, 7) is 0. The molecule has 1 unspecified atom stereocenters. The van der Waals surface area contributed by atoms with Crippen molar-refractivity contribution in [1.29, 1.82) is 5.26 Å². The van der Waals surface area contributed by atoms with E-state index in [0.717, 1.165) is 0 Å². The zero-order valence-corrected chi connectivity index (χ0v) is 8.67. The first-order chi connectivity index (χ1) is 7.58. The number of carbonyl (C=O) groups is 1. The number of rotatable bonds is 4. The van der Waals surface area contributed by atoms with E-state index in [4.69, 9.17) is 15.1 Å². The second-order valence-corrected chi connectivity index (χ2v) is 3.23. The van der Waals surface area contributed by atoms with E-state index < -0.39 is 11.9 Å². The van der Waals surface area contributed by atoms with Gasteiger partial charge < -0.3 is 14.9 Å². The van der Waals surface area contributed by atoms with Crippen molar-refractivity contribution >= 4 is 5.97 Å². The predicted molar refractivity (Wildman–Crippen MR) is 55.1 cm³/mol. The molecule has 16 heavy (non-hydrogen) atoms. The highest BCUT2D eigenvalue weighted by Gasteiger charge is 2.17. The molecule has 1 aromatic rings. The monoisotopic (exact) mass is 221 g/mol. The van der Waals surface area contributed by atoms with Crippen molar-refractivity contribution in [3.8, 4) is 17.6 Å². The Bertz CT molecular complexity index is 436. The number of aromatic hydroxyl groups is 1. The van der Waals surface area contributed by atoms with E-state index in [0.29, 0.717) is 11.3 Å². The van der Waals surface area contributed by atoms with Crippen molar-refractivity contribution in [3.63, 3.8) is 0 Å². The molecule has 0 saturated carbocycles. The van der Waals surface area contributed by atoms with Crippen molar-refractivity contribution < 1.29 is 19.7 Å². The molecule has 1 atom stereocenters. The molecular weight excluding hydrogens is 210 g/mol. The van der Waals surface area contributed by atoms with E-state index >= 15 is 0 Å². The summed E-state index contributed by atoms with van der Waals surface area (Å²) < 4.78 is 4.85. The molecular formula is C11H11NO4. The summed E-state index contributed by atoms with van der Waals surface area (Å²) in [6.07, 6.45) is 0.0589. The third-order valence-electron chi connectivity index (χ3n) is 2.14. The third kappa shape index (κ3) is 2.64. The van der Waals surface area contributed by atoms with Crippen molar-refractivity contribution in [2.45, 2.75) is 6.42 Å². The maximum Gasteiger partial charge on any atom is 0.321 e. The first kappa shape index (κ1) is 11.9. The van der Waals surface area contributed by atoms with Crippen molar-refractivity contribution in [2.24, 2.45) is 5.92 Å². The Kier molecular flexibility index (Phi) is 3.72. The Labute approximate surface area is 92.5 Å². The summed E-state index contributed by atoms with van der Waals surface area (Å²) in [5.41, 5.74) is 0.576. The fourth-order valence-corrected chi connectivity index (χ4v) is 1.29. The first-order valence-corrected chi connectivity index (χ1v) is 4.56. The topological polar surface area (TPSA) is 90.5 Å². The van der Waals surface area contributed by atoms with Gasteiger partial charge in [0, 0.05) is 0 Å². The van der Waals surface area contributed by atoms with Crippen molar-refractivity contribution in [1.82, 2.24) is 0 Å². The van der Waals surface area contributed by atoms with Gasteiger partial charge in [-0.05, 0) is 24.1 Å². The molecule has 1 aromatic carbocycles. The third-order valence-corrected chi connectivity index (χ3v) is 2.14.